The zero-order chi connectivity index (χ0) is 8.65. The smallest absolute Gasteiger partial charge is 0.159 e. The quantitative estimate of drug-likeness (QED) is 0.534. The van der Waals surface area contributed by atoms with Crippen LogP contribution in [0.2, 0.25) is 0 Å². The fourth-order valence-corrected chi connectivity index (χ4v) is 1.47. The van der Waals surface area contributed by atoms with Gasteiger partial charge in [0.25, 0.3) is 0 Å². The molecule has 0 heterocycles. The summed E-state index contributed by atoms with van der Waals surface area (Å²) >= 11 is 3.32. The Morgan fingerprint density at radius 2 is 1.91 bits per heavy atom. The van der Waals surface area contributed by atoms with Gasteiger partial charge in [0.05, 0.1) is 10.2 Å². The van der Waals surface area contributed by atoms with Crippen molar-refractivity contribution in [2.75, 3.05) is 0 Å². The van der Waals surface area contributed by atoms with Gasteiger partial charge >= 0.3 is 0 Å². The first-order chi connectivity index (χ1) is 4.97. The molecule has 2 nitrogen and oxygen atoms in total. The van der Waals surface area contributed by atoms with Crippen LogP contribution >= 0.6 is 15.9 Å². The fourth-order valence-electron chi connectivity index (χ4n) is 0.929. The van der Waals surface area contributed by atoms with Crippen molar-refractivity contribution in [1.29, 1.82) is 0 Å². The largest absolute Gasteiger partial charge is 0.299 e. The second-order valence-electron chi connectivity index (χ2n) is 3.16. The molecule has 0 aromatic rings. The van der Waals surface area contributed by atoms with Gasteiger partial charge in [0.1, 0.15) is 5.78 Å². The normalized spacial score (nSPS) is 22.5. The Hall–Kier alpha value is -0.180. The molecule has 0 saturated heterocycles. The topological polar surface area (TPSA) is 34.1 Å². The van der Waals surface area contributed by atoms with Crippen LogP contribution in [0, 0.1) is 5.92 Å². The van der Waals surface area contributed by atoms with E-state index in [1.165, 1.54) is 6.92 Å². The molecule has 0 N–H and O–H groups in total. The predicted octanol–water partition coefficient (Wildman–Crippen LogP) is 1.71. The van der Waals surface area contributed by atoms with Crippen molar-refractivity contribution >= 4 is 27.5 Å². The van der Waals surface area contributed by atoms with Crippen LogP contribution in [0.5, 0.6) is 0 Å². The molecule has 0 aromatic carbocycles. The van der Waals surface area contributed by atoms with E-state index in [0.717, 1.165) is 12.8 Å². The second kappa shape index (κ2) is 2.70. The maximum atomic E-state index is 11.4. The third kappa shape index (κ3) is 1.70. The van der Waals surface area contributed by atoms with E-state index in [9.17, 15) is 9.59 Å². The van der Waals surface area contributed by atoms with Crippen LogP contribution in [0.15, 0.2) is 0 Å². The maximum Gasteiger partial charge on any atom is 0.159 e. The fraction of sp³-hybridized carbons (Fsp3) is 0.750. The van der Waals surface area contributed by atoms with Crippen molar-refractivity contribution in [2.24, 2.45) is 5.92 Å². The zero-order valence-corrected chi connectivity index (χ0v) is 8.27. The highest BCUT2D eigenvalue weighted by atomic mass is 79.9. The summed E-state index contributed by atoms with van der Waals surface area (Å²) < 4.78 is -0.335. The Bertz CT molecular complexity index is 206. The van der Waals surface area contributed by atoms with E-state index in [1.807, 2.05) is 0 Å². The molecule has 0 amide bonds. The molecule has 1 atom stereocenters. The summed E-state index contributed by atoms with van der Waals surface area (Å²) in [6, 6.07) is 0. The molecule has 0 spiro atoms. The van der Waals surface area contributed by atoms with Crippen molar-refractivity contribution in [1.82, 2.24) is 0 Å². The van der Waals surface area contributed by atoms with E-state index in [2.05, 4.69) is 15.9 Å². The van der Waals surface area contributed by atoms with E-state index in [-0.39, 0.29) is 15.9 Å². The van der Waals surface area contributed by atoms with E-state index < -0.39 is 5.92 Å². The van der Waals surface area contributed by atoms with Gasteiger partial charge in [0, 0.05) is 0 Å². The van der Waals surface area contributed by atoms with Gasteiger partial charge in [-0.1, -0.05) is 15.9 Å². The number of halogens is 1. The average molecular weight is 219 g/mol. The molecule has 1 fully saturated rings. The lowest BCUT2D eigenvalue weighted by Gasteiger charge is -2.09. The minimum Gasteiger partial charge on any atom is -0.299 e. The van der Waals surface area contributed by atoms with Gasteiger partial charge in [0.15, 0.2) is 5.78 Å². The van der Waals surface area contributed by atoms with E-state index in [0.29, 0.717) is 0 Å². The van der Waals surface area contributed by atoms with Gasteiger partial charge in [-0.05, 0) is 26.7 Å². The van der Waals surface area contributed by atoms with Crippen molar-refractivity contribution in [3.05, 3.63) is 0 Å². The van der Waals surface area contributed by atoms with Crippen LogP contribution in [0.3, 0.4) is 0 Å². The highest BCUT2D eigenvalue weighted by Gasteiger charge is 2.49. The first kappa shape index (κ1) is 8.91. The van der Waals surface area contributed by atoms with Crippen molar-refractivity contribution in [2.45, 2.75) is 31.0 Å². The number of hydrogen-bond acceptors (Lipinski definition) is 2. The Labute approximate surface area is 74.5 Å². The first-order valence-electron chi connectivity index (χ1n) is 3.71. The van der Waals surface area contributed by atoms with Gasteiger partial charge in [0.2, 0.25) is 0 Å². The summed E-state index contributed by atoms with van der Waals surface area (Å²) in [5.74, 6) is -0.428. The van der Waals surface area contributed by atoms with Crippen LogP contribution in [-0.4, -0.2) is 15.9 Å². The second-order valence-corrected chi connectivity index (χ2v) is 4.68. The lowest BCUT2D eigenvalue weighted by Crippen LogP contribution is -2.27. The van der Waals surface area contributed by atoms with Crippen LogP contribution in [0.4, 0.5) is 0 Å². The van der Waals surface area contributed by atoms with Gasteiger partial charge in [-0.3, -0.25) is 9.59 Å². The van der Waals surface area contributed by atoms with Gasteiger partial charge in [-0.25, -0.2) is 0 Å². The maximum absolute atomic E-state index is 11.4. The molecule has 0 radical (unpaired) electrons. The zero-order valence-electron chi connectivity index (χ0n) is 6.69. The molecule has 1 aliphatic rings. The number of rotatable bonds is 3. The standard InChI is InChI=1S/C8H11BrO2/c1-5(6(2)10)7(11)8(9)3-4-8/h5H,3-4H2,1-2H3. The Balaban J connectivity index is 2.61. The first-order valence-corrected chi connectivity index (χ1v) is 4.50. The lowest BCUT2D eigenvalue weighted by molar-refractivity contribution is -0.130. The number of carbonyl (C=O) groups is 2. The molecule has 0 aliphatic heterocycles. The highest BCUT2D eigenvalue weighted by Crippen LogP contribution is 2.46. The number of Topliss-reactive ketones (excluding diaryl/α,β-unsaturated/α-hetero) is 2. The van der Waals surface area contributed by atoms with Crippen molar-refractivity contribution < 1.29 is 9.59 Å². The number of ketones is 2. The predicted molar refractivity (Wildman–Crippen MR) is 45.7 cm³/mol. The molecule has 62 valence electrons. The van der Waals surface area contributed by atoms with Crippen molar-refractivity contribution in [3.63, 3.8) is 0 Å². The summed E-state index contributed by atoms with van der Waals surface area (Å²) in [7, 11) is 0. The molecular formula is C8H11BrO2. The van der Waals surface area contributed by atoms with E-state index in [1.54, 1.807) is 6.92 Å². The molecule has 3 heteroatoms. The molecule has 0 aromatic heterocycles. The van der Waals surface area contributed by atoms with Gasteiger partial charge < -0.3 is 0 Å². The Morgan fingerprint density at radius 1 is 1.45 bits per heavy atom. The molecule has 1 aliphatic carbocycles. The molecule has 1 rings (SSSR count). The number of carbonyl (C=O) groups excluding carboxylic acids is 2. The summed E-state index contributed by atoms with van der Waals surface area (Å²) in [4.78, 5) is 22.2. The number of alkyl halides is 1. The van der Waals surface area contributed by atoms with Crippen LogP contribution in [0.25, 0.3) is 0 Å². The Kier molecular flexibility index (Phi) is 2.19. The summed E-state index contributed by atoms with van der Waals surface area (Å²) in [5.41, 5.74) is 0. The van der Waals surface area contributed by atoms with E-state index >= 15 is 0 Å². The molecule has 1 unspecified atom stereocenters. The van der Waals surface area contributed by atoms with Crippen LogP contribution in [0.1, 0.15) is 26.7 Å². The Morgan fingerprint density at radius 3 is 2.18 bits per heavy atom. The van der Waals surface area contributed by atoms with Gasteiger partial charge in [-0.15, -0.1) is 0 Å². The SMILES string of the molecule is CC(=O)C(C)C(=O)C1(Br)CC1. The average Bonchev–Trinajstić information content (AvgIpc) is 2.66. The number of hydrogen-bond donors (Lipinski definition) is 0. The minimum atomic E-state index is -0.433. The third-order valence-corrected chi connectivity index (χ3v) is 3.32. The molecule has 11 heavy (non-hydrogen) atoms. The summed E-state index contributed by atoms with van der Waals surface area (Å²) in [5, 5.41) is 0. The highest BCUT2D eigenvalue weighted by molar-refractivity contribution is 9.10. The third-order valence-electron chi connectivity index (χ3n) is 2.13. The molecule has 1 saturated carbocycles. The minimum absolute atomic E-state index is 0.0410. The summed E-state index contributed by atoms with van der Waals surface area (Å²) in [6.45, 7) is 3.13. The van der Waals surface area contributed by atoms with Crippen LogP contribution in [-0.2, 0) is 9.59 Å². The van der Waals surface area contributed by atoms with Gasteiger partial charge in [-0.2, -0.15) is 0 Å². The summed E-state index contributed by atoms with van der Waals surface area (Å²) in [6.07, 6.45) is 1.76. The monoisotopic (exact) mass is 218 g/mol. The van der Waals surface area contributed by atoms with E-state index in [4.69, 9.17) is 0 Å². The van der Waals surface area contributed by atoms with Crippen molar-refractivity contribution in [3.8, 4) is 0 Å². The molecular weight excluding hydrogens is 208 g/mol. The van der Waals surface area contributed by atoms with Crippen LogP contribution < -0.4 is 0 Å². The molecule has 0 bridgehead atoms. The lowest BCUT2D eigenvalue weighted by atomic mass is 9.99.